The standard InChI is InChI=1S/C19H22N2O5S/c1-13-9-14(2)11-15(10-13)21(27(4,24)25)12-18(22)20-17-8-6-5-7-16(17)19(23)26-3/h5-11H,12H2,1-4H3,(H,20,22). The molecule has 0 unspecified atom stereocenters. The first-order chi connectivity index (χ1) is 12.6. The van der Waals surface area contributed by atoms with Gasteiger partial charge >= 0.3 is 5.97 Å². The molecule has 0 aliphatic carbocycles. The molecule has 0 aliphatic rings. The molecule has 1 amide bonds. The van der Waals surface area contributed by atoms with Crippen LogP contribution in [0.5, 0.6) is 0 Å². The minimum Gasteiger partial charge on any atom is -0.465 e. The molecule has 0 fully saturated rings. The average Bonchev–Trinajstić information content (AvgIpc) is 2.57. The van der Waals surface area contributed by atoms with E-state index in [9.17, 15) is 18.0 Å². The van der Waals surface area contributed by atoms with Crippen molar-refractivity contribution in [1.29, 1.82) is 0 Å². The van der Waals surface area contributed by atoms with Crippen molar-refractivity contribution >= 4 is 33.3 Å². The number of para-hydroxylation sites is 1. The quantitative estimate of drug-likeness (QED) is 0.765. The summed E-state index contributed by atoms with van der Waals surface area (Å²) in [5.41, 5.74) is 2.62. The van der Waals surface area contributed by atoms with Gasteiger partial charge in [0.25, 0.3) is 0 Å². The number of rotatable bonds is 6. The van der Waals surface area contributed by atoms with Gasteiger partial charge in [0.05, 0.1) is 30.3 Å². The van der Waals surface area contributed by atoms with E-state index in [1.165, 1.54) is 13.2 Å². The summed E-state index contributed by atoms with van der Waals surface area (Å²) in [7, 11) is -2.45. The topological polar surface area (TPSA) is 92.8 Å². The van der Waals surface area contributed by atoms with Gasteiger partial charge in [-0.1, -0.05) is 18.2 Å². The molecule has 1 N–H and O–H groups in total. The van der Waals surface area contributed by atoms with Gasteiger partial charge in [-0.15, -0.1) is 0 Å². The number of nitrogens with one attached hydrogen (secondary N) is 1. The molecule has 0 saturated carbocycles. The number of sulfonamides is 1. The molecular weight excluding hydrogens is 368 g/mol. The number of anilines is 2. The molecular formula is C19H22N2O5S. The molecule has 2 aromatic rings. The van der Waals surface area contributed by atoms with E-state index in [4.69, 9.17) is 4.74 Å². The summed E-state index contributed by atoms with van der Waals surface area (Å²) < 4.78 is 30.2. The summed E-state index contributed by atoms with van der Waals surface area (Å²) >= 11 is 0. The Balaban J connectivity index is 2.30. The number of aryl methyl sites for hydroxylation is 2. The molecule has 0 aliphatic heterocycles. The fourth-order valence-corrected chi connectivity index (χ4v) is 3.54. The first-order valence-corrected chi connectivity index (χ1v) is 10.00. The molecule has 27 heavy (non-hydrogen) atoms. The highest BCUT2D eigenvalue weighted by Gasteiger charge is 2.22. The van der Waals surface area contributed by atoms with Crippen molar-refractivity contribution in [2.24, 2.45) is 0 Å². The van der Waals surface area contributed by atoms with Crippen LogP contribution in [0.3, 0.4) is 0 Å². The van der Waals surface area contributed by atoms with E-state index < -0.39 is 28.4 Å². The third-order valence-electron chi connectivity index (χ3n) is 3.79. The van der Waals surface area contributed by atoms with Gasteiger partial charge in [0.1, 0.15) is 6.54 Å². The predicted octanol–water partition coefficient (Wildman–Crippen LogP) is 2.49. The van der Waals surface area contributed by atoms with Gasteiger partial charge in [-0.05, 0) is 49.2 Å². The Morgan fingerprint density at radius 2 is 1.67 bits per heavy atom. The van der Waals surface area contributed by atoms with Crippen molar-refractivity contribution in [3.05, 3.63) is 59.2 Å². The number of esters is 1. The molecule has 0 bridgehead atoms. The number of hydrogen-bond acceptors (Lipinski definition) is 5. The average molecular weight is 390 g/mol. The van der Waals surface area contributed by atoms with E-state index in [1.807, 2.05) is 19.9 Å². The third kappa shape index (κ3) is 5.30. The smallest absolute Gasteiger partial charge is 0.339 e. The molecule has 144 valence electrons. The van der Waals surface area contributed by atoms with E-state index in [2.05, 4.69) is 5.32 Å². The number of nitrogens with zero attached hydrogens (tertiary/aromatic N) is 1. The second-order valence-corrected chi connectivity index (χ2v) is 8.11. The van der Waals surface area contributed by atoms with Crippen LogP contribution in [0.2, 0.25) is 0 Å². The highest BCUT2D eigenvalue weighted by molar-refractivity contribution is 7.92. The van der Waals surface area contributed by atoms with E-state index in [1.54, 1.807) is 30.3 Å². The van der Waals surface area contributed by atoms with E-state index in [0.717, 1.165) is 21.7 Å². The molecule has 0 atom stereocenters. The second kappa shape index (κ2) is 8.22. The van der Waals surface area contributed by atoms with Crippen LogP contribution >= 0.6 is 0 Å². The minimum absolute atomic E-state index is 0.186. The van der Waals surface area contributed by atoms with Gasteiger partial charge < -0.3 is 10.1 Å². The molecule has 0 spiro atoms. The summed E-state index contributed by atoms with van der Waals surface area (Å²) in [6.45, 7) is 3.28. The lowest BCUT2D eigenvalue weighted by atomic mass is 10.1. The van der Waals surface area contributed by atoms with Crippen LogP contribution in [0.4, 0.5) is 11.4 Å². The third-order valence-corrected chi connectivity index (χ3v) is 4.93. The van der Waals surface area contributed by atoms with Crippen LogP contribution in [0.1, 0.15) is 21.5 Å². The van der Waals surface area contributed by atoms with Crippen molar-refractivity contribution in [2.75, 3.05) is 29.5 Å². The van der Waals surface area contributed by atoms with Gasteiger partial charge in [0, 0.05) is 0 Å². The zero-order valence-corrected chi connectivity index (χ0v) is 16.5. The predicted molar refractivity (Wildman–Crippen MR) is 105 cm³/mol. The van der Waals surface area contributed by atoms with E-state index >= 15 is 0 Å². The Hall–Kier alpha value is -2.87. The Kier molecular flexibility index (Phi) is 6.22. The van der Waals surface area contributed by atoms with Crippen LogP contribution in [0.25, 0.3) is 0 Å². The normalized spacial score (nSPS) is 11.0. The van der Waals surface area contributed by atoms with Crippen molar-refractivity contribution in [3.8, 4) is 0 Å². The van der Waals surface area contributed by atoms with Gasteiger partial charge in [0.2, 0.25) is 15.9 Å². The molecule has 0 saturated heterocycles. The lowest BCUT2D eigenvalue weighted by Crippen LogP contribution is -2.37. The summed E-state index contributed by atoms with van der Waals surface area (Å²) in [4.78, 5) is 24.3. The van der Waals surface area contributed by atoms with Gasteiger partial charge in [-0.2, -0.15) is 0 Å². The minimum atomic E-state index is -3.69. The monoisotopic (exact) mass is 390 g/mol. The Labute approximate surface area is 159 Å². The zero-order valence-electron chi connectivity index (χ0n) is 15.6. The Bertz CT molecular complexity index is 950. The van der Waals surface area contributed by atoms with Crippen molar-refractivity contribution < 1.29 is 22.7 Å². The number of ether oxygens (including phenoxy) is 1. The summed E-state index contributed by atoms with van der Waals surface area (Å²) in [6, 6.07) is 11.7. The lowest BCUT2D eigenvalue weighted by molar-refractivity contribution is -0.114. The molecule has 7 nitrogen and oxygen atoms in total. The number of carbonyl (C=O) groups excluding carboxylic acids is 2. The molecule has 0 aromatic heterocycles. The maximum atomic E-state index is 12.5. The van der Waals surface area contributed by atoms with E-state index in [-0.39, 0.29) is 11.3 Å². The van der Waals surface area contributed by atoms with Crippen LogP contribution < -0.4 is 9.62 Å². The van der Waals surface area contributed by atoms with Gasteiger partial charge in [-0.25, -0.2) is 13.2 Å². The maximum absolute atomic E-state index is 12.5. The number of methoxy groups -OCH3 is 1. The number of benzene rings is 2. The van der Waals surface area contributed by atoms with E-state index in [0.29, 0.717) is 5.69 Å². The van der Waals surface area contributed by atoms with Gasteiger partial charge in [0.15, 0.2) is 0 Å². The first kappa shape index (κ1) is 20.4. The SMILES string of the molecule is COC(=O)c1ccccc1NC(=O)CN(c1cc(C)cc(C)c1)S(C)(=O)=O. The molecule has 0 radical (unpaired) electrons. The van der Waals surface area contributed by atoms with Crippen LogP contribution in [-0.4, -0.2) is 40.2 Å². The van der Waals surface area contributed by atoms with Crippen molar-refractivity contribution in [1.82, 2.24) is 0 Å². The lowest BCUT2D eigenvalue weighted by Gasteiger charge is -2.23. The zero-order chi connectivity index (χ0) is 20.2. The highest BCUT2D eigenvalue weighted by Crippen LogP contribution is 2.22. The fraction of sp³-hybridized carbons (Fsp3) is 0.263. The second-order valence-electron chi connectivity index (χ2n) is 6.20. The molecule has 8 heteroatoms. The first-order valence-electron chi connectivity index (χ1n) is 8.15. The summed E-state index contributed by atoms with van der Waals surface area (Å²) in [6.07, 6.45) is 1.04. The number of hydrogen-bond donors (Lipinski definition) is 1. The van der Waals surface area contributed by atoms with Crippen LogP contribution in [-0.2, 0) is 19.6 Å². The fourth-order valence-electron chi connectivity index (χ4n) is 2.69. The van der Waals surface area contributed by atoms with Crippen LogP contribution in [0, 0.1) is 13.8 Å². The number of carbonyl (C=O) groups is 2. The molecule has 0 heterocycles. The molecule has 2 rings (SSSR count). The Morgan fingerprint density at radius 1 is 1.07 bits per heavy atom. The maximum Gasteiger partial charge on any atom is 0.339 e. The Morgan fingerprint density at radius 3 is 2.22 bits per heavy atom. The highest BCUT2D eigenvalue weighted by atomic mass is 32.2. The largest absolute Gasteiger partial charge is 0.465 e. The number of amides is 1. The summed E-state index contributed by atoms with van der Waals surface area (Å²) in [5.74, 6) is -1.17. The molecule has 2 aromatic carbocycles. The summed E-state index contributed by atoms with van der Waals surface area (Å²) in [5, 5.41) is 2.58. The van der Waals surface area contributed by atoms with Crippen molar-refractivity contribution in [2.45, 2.75) is 13.8 Å². The van der Waals surface area contributed by atoms with Crippen molar-refractivity contribution in [3.63, 3.8) is 0 Å². The van der Waals surface area contributed by atoms with Gasteiger partial charge in [-0.3, -0.25) is 9.10 Å². The van der Waals surface area contributed by atoms with Crippen LogP contribution in [0.15, 0.2) is 42.5 Å².